The molecule has 3 amide bonds. The fourth-order valence-corrected chi connectivity index (χ4v) is 5.26. The fourth-order valence-electron chi connectivity index (χ4n) is 5.05. The molecule has 7 N–H and O–H groups in total. The number of benzene rings is 1. The average molecular weight is 498 g/mol. The summed E-state index contributed by atoms with van der Waals surface area (Å²) in [7, 11) is 1.54. The van der Waals surface area contributed by atoms with Crippen LogP contribution in [0.5, 0.6) is 5.75 Å². The van der Waals surface area contributed by atoms with Gasteiger partial charge in [0.15, 0.2) is 0 Å². The summed E-state index contributed by atoms with van der Waals surface area (Å²) >= 11 is 6.46. The van der Waals surface area contributed by atoms with Gasteiger partial charge in [-0.2, -0.15) is 0 Å². The number of methoxy groups -OCH3 is 1. The third kappa shape index (κ3) is 4.91. The predicted octanol–water partition coefficient (Wildman–Crippen LogP) is 1.61. The third-order valence-corrected chi connectivity index (χ3v) is 7.54. The van der Waals surface area contributed by atoms with E-state index >= 15 is 0 Å². The Labute approximate surface area is 205 Å². The highest BCUT2D eigenvalue weighted by molar-refractivity contribution is 6.34. The number of rotatable bonds is 5. The van der Waals surface area contributed by atoms with Gasteiger partial charge >= 0.3 is 6.03 Å². The zero-order valence-electron chi connectivity index (χ0n) is 20.0. The maximum absolute atomic E-state index is 13.1. The van der Waals surface area contributed by atoms with Gasteiger partial charge in [-0.3, -0.25) is 4.79 Å². The predicted molar refractivity (Wildman–Crippen MR) is 130 cm³/mol. The molecular formula is C23H36ClN5O5. The second-order valence-electron chi connectivity index (χ2n) is 9.35. The fraction of sp³-hybridized carbons (Fsp3) is 0.652. The van der Waals surface area contributed by atoms with E-state index in [1.807, 2.05) is 11.8 Å². The van der Waals surface area contributed by atoms with Crippen molar-refractivity contribution in [1.29, 1.82) is 0 Å². The van der Waals surface area contributed by atoms with Crippen LogP contribution in [0.15, 0.2) is 6.07 Å². The molecule has 3 heterocycles. The molecule has 0 aromatic heterocycles. The molecule has 190 valence electrons. The number of fused-ring (bicyclic) bond motifs is 1. The second-order valence-corrected chi connectivity index (χ2v) is 9.76. The Balaban J connectivity index is 0.00000324. The summed E-state index contributed by atoms with van der Waals surface area (Å²) in [6.45, 7) is 6.48. The summed E-state index contributed by atoms with van der Waals surface area (Å²) < 4.78 is 11.8. The molecule has 10 nitrogen and oxygen atoms in total. The summed E-state index contributed by atoms with van der Waals surface area (Å²) in [4.78, 5) is 28.0. The lowest BCUT2D eigenvalue weighted by Gasteiger charge is -2.37. The molecule has 1 aromatic carbocycles. The lowest BCUT2D eigenvalue weighted by molar-refractivity contribution is -0.0425. The van der Waals surface area contributed by atoms with Crippen molar-refractivity contribution in [2.24, 2.45) is 0 Å². The second kappa shape index (κ2) is 10.6. The third-order valence-electron chi connectivity index (χ3n) is 7.23. The van der Waals surface area contributed by atoms with Gasteiger partial charge in [-0.05, 0) is 58.7 Å². The first-order valence-corrected chi connectivity index (χ1v) is 12.0. The molecule has 0 aliphatic carbocycles. The smallest absolute Gasteiger partial charge is 0.319 e. The number of likely N-dealkylation sites (tertiary alicyclic amines) is 1. The molecule has 0 spiro atoms. The highest BCUT2D eigenvalue weighted by atomic mass is 35.5. The van der Waals surface area contributed by atoms with Gasteiger partial charge in [-0.15, -0.1) is 0 Å². The van der Waals surface area contributed by atoms with E-state index < -0.39 is 11.6 Å². The molecule has 3 atom stereocenters. The first kappa shape index (κ1) is 26.3. The quantitative estimate of drug-likeness (QED) is 0.358. The zero-order valence-corrected chi connectivity index (χ0v) is 20.8. The van der Waals surface area contributed by atoms with Crippen molar-refractivity contribution >= 4 is 29.2 Å². The maximum atomic E-state index is 13.1. The highest BCUT2D eigenvalue weighted by Gasteiger charge is 2.46. The summed E-state index contributed by atoms with van der Waals surface area (Å²) in [6, 6.07) is 1.63. The topological polar surface area (TPSA) is 149 Å². The van der Waals surface area contributed by atoms with Crippen LogP contribution in [0.1, 0.15) is 61.4 Å². The lowest BCUT2D eigenvalue weighted by Crippen LogP contribution is -2.56. The summed E-state index contributed by atoms with van der Waals surface area (Å²) in [5, 5.41) is 9.69. The minimum atomic E-state index is -1.10. The number of carbonyl (C=O) groups is 2. The molecule has 4 rings (SSSR count). The van der Waals surface area contributed by atoms with E-state index in [0.29, 0.717) is 29.1 Å². The lowest BCUT2D eigenvalue weighted by atomic mass is 9.88. The number of nitrogens with zero attached hydrogens (tertiary/aromatic N) is 1. The van der Waals surface area contributed by atoms with Gasteiger partial charge in [-0.1, -0.05) is 11.6 Å². The van der Waals surface area contributed by atoms with Gasteiger partial charge in [0.1, 0.15) is 11.5 Å². The van der Waals surface area contributed by atoms with Crippen LogP contribution in [-0.4, -0.2) is 73.5 Å². The van der Waals surface area contributed by atoms with Gasteiger partial charge in [0.05, 0.1) is 28.8 Å². The number of hydrogen-bond donors (Lipinski definition) is 4. The summed E-state index contributed by atoms with van der Waals surface area (Å²) in [6.07, 6.45) is 3.68. The molecular weight excluding hydrogens is 462 g/mol. The number of piperidine rings is 1. The number of ether oxygens (including phenoxy) is 2. The Morgan fingerprint density at radius 1 is 1.32 bits per heavy atom. The standard InChI is InChI=1S/C23H34ClN5O4.H2O/c1-13-5-4-10-29(13)22(31)28-23(2,32-3)16-12-33-20-15(11-17(24)19(25)18(16)20)21(30)27-14-6-8-26-9-7-14;/h11,13-14,16,26H,4-10,12,25H2,1-3H3,(H,27,30)(H,28,31);1H2. The van der Waals surface area contributed by atoms with Crippen molar-refractivity contribution < 1.29 is 24.5 Å². The average Bonchev–Trinajstić information content (AvgIpc) is 3.44. The number of hydrogen-bond acceptors (Lipinski definition) is 6. The van der Waals surface area contributed by atoms with E-state index in [9.17, 15) is 9.59 Å². The van der Waals surface area contributed by atoms with E-state index in [2.05, 4.69) is 16.0 Å². The molecule has 3 unspecified atom stereocenters. The number of nitrogens with two attached hydrogens (primary N) is 1. The number of carbonyl (C=O) groups excluding carboxylic acids is 2. The van der Waals surface area contributed by atoms with Gasteiger partial charge in [0.2, 0.25) is 0 Å². The van der Waals surface area contributed by atoms with Crippen LogP contribution < -0.4 is 26.4 Å². The maximum Gasteiger partial charge on any atom is 0.319 e. The zero-order chi connectivity index (χ0) is 23.8. The number of halogens is 1. The first-order valence-electron chi connectivity index (χ1n) is 11.6. The first-order chi connectivity index (χ1) is 15.7. The Morgan fingerprint density at radius 2 is 2.03 bits per heavy atom. The SMILES string of the molecule is COC(C)(NC(=O)N1CCCC1C)C1COc2c(C(=O)NC3CCNCC3)cc(Cl)c(N)c21.O. The van der Waals surface area contributed by atoms with E-state index in [1.54, 1.807) is 13.0 Å². The van der Waals surface area contributed by atoms with Gasteiger partial charge < -0.3 is 41.5 Å². The molecule has 3 aliphatic rings. The Morgan fingerprint density at radius 3 is 2.65 bits per heavy atom. The number of nitrogen functional groups attached to an aromatic ring is 1. The summed E-state index contributed by atoms with van der Waals surface area (Å²) in [5.74, 6) is -0.279. The Hall–Kier alpha value is -2.27. The number of anilines is 1. The van der Waals surface area contributed by atoms with Crippen LogP contribution in [0.4, 0.5) is 10.5 Å². The Bertz CT molecular complexity index is 926. The van der Waals surface area contributed by atoms with Gasteiger partial charge in [0.25, 0.3) is 5.91 Å². The van der Waals surface area contributed by atoms with Crippen molar-refractivity contribution in [3.63, 3.8) is 0 Å². The number of urea groups is 1. The molecule has 3 aliphatic heterocycles. The molecule has 2 fully saturated rings. The molecule has 34 heavy (non-hydrogen) atoms. The molecule has 0 radical (unpaired) electrons. The summed E-state index contributed by atoms with van der Waals surface area (Å²) in [5.41, 5.74) is 6.55. The van der Waals surface area contributed by atoms with Crippen LogP contribution in [0.3, 0.4) is 0 Å². The van der Waals surface area contributed by atoms with E-state index in [4.69, 9.17) is 26.8 Å². The largest absolute Gasteiger partial charge is 0.492 e. The van der Waals surface area contributed by atoms with Crippen LogP contribution in [0, 0.1) is 0 Å². The highest BCUT2D eigenvalue weighted by Crippen LogP contribution is 2.48. The monoisotopic (exact) mass is 497 g/mol. The van der Waals surface area contributed by atoms with Crippen LogP contribution in [0.25, 0.3) is 0 Å². The molecule has 11 heteroatoms. The Kier molecular flexibility index (Phi) is 8.18. The molecule has 1 aromatic rings. The molecule has 2 saturated heterocycles. The van der Waals surface area contributed by atoms with Gasteiger partial charge in [0, 0.05) is 31.3 Å². The van der Waals surface area contributed by atoms with Crippen molar-refractivity contribution in [3.05, 3.63) is 22.2 Å². The van der Waals surface area contributed by atoms with Crippen molar-refractivity contribution in [3.8, 4) is 5.75 Å². The van der Waals surface area contributed by atoms with Crippen LogP contribution >= 0.6 is 11.6 Å². The van der Waals surface area contributed by atoms with E-state index in [1.165, 1.54) is 7.11 Å². The van der Waals surface area contributed by atoms with Crippen molar-refractivity contribution in [2.75, 3.05) is 39.1 Å². The van der Waals surface area contributed by atoms with Crippen LogP contribution in [0.2, 0.25) is 5.02 Å². The minimum Gasteiger partial charge on any atom is -0.492 e. The number of amides is 3. The van der Waals surface area contributed by atoms with Gasteiger partial charge in [-0.25, -0.2) is 4.79 Å². The van der Waals surface area contributed by atoms with Crippen LogP contribution in [-0.2, 0) is 4.74 Å². The number of nitrogens with one attached hydrogen (secondary N) is 3. The van der Waals surface area contributed by atoms with Crippen molar-refractivity contribution in [1.82, 2.24) is 20.9 Å². The minimum absolute atomic E-state index is 0. The van der Waals surface area contributed by atoms with Crippen molar-refractivity contribution in [2.45, 2.75) is 63.3 Å². The molecule has 0 saturated carbocycles. The normalized spacial score (nSPS) is 23.9. The molecule has 0 bridgehead atoms. The van der Waals surface area contributed by atoms with E-state index in [0.717, 1.165) is 38.8 Å². The van der Waals surface area contributed by atoms with E-state index in [-0.39, 0.29) is 41.1 Å².